The summed E-state index contributed by atoms with van der Waals surface area (Å²) in [6.45, 7) is 4.20. The number of aryl methyl sites for hydroxylation is 2. The highest BCUT2D eigenvalue weighted by atomic mass is 32.2. The van der Waals surface area contributed by atoms with Gasteiger partial charge in [-0.15, -0.1) is 0 Å². The van der Waals surface area contributed by atoms with Gasteiger partial charge >= 0.3 is 6.03 Å². The number of urea groups is 1. The van der Waals surface area contributed by atoms with Gasteiger partial charge in [0.2, 0.25) is 12.7 Å². The van der Waals surface area contributed by atoms with Gasteiger partial charge in [0.25, 0.3) is 0 Å². The number of hydrogen-bond acceptors (Lipinski definition) is 6. The van der Waals surface area contributed by atoms with Crippen LogP contribution in [-0.2, 0) is 4.79 Å². The van der Waals surface area contributed by atoms with Crippen LogP contribution in [0.3, 0.4) is 0 Å². The maximum atomic E-state index is 12.2. The Morgan fingerprint density at radius 2 is 1.97 bits per heavy atom. The summed E-state index contributed by atoms with van der Waals surface area (Å²) in [4.78, 5) is 28.7. The van der Waals surface area contributed by atoms with Crippen molar-refractivity contribution < 1.29 is 19.1 Å². The zero-order chi connectivity index (χ0) is 21.1. The van der Waals surface area contributed by atoms with E-state index in [4.69, 9.17) is 9.47 Å². The van der Waals surface area contributed by atoms with E-state index >= 15 is 0 Å². The van der Waals surface area contributed by atoms with E-state index in [2.05, 4.69) is 27.8 Å². The molecule has 1 aliphatic rings. The van der Waals surface area contributed by atoms with Crippen molar-refractivity contribution in [3.63, 3.8) is 0 Å². The Kier molecular flexibility index (Phi) is 5.62. The highest BCUT2D eigenvalue weighted by molar-refractivity contribution is 7.99. The molecule has 0 spiro atoms. The number of imide groups is 1. The lowest BCUT2D eigenvalue weighted by atomic mass is 10.1. The summed E-state index contributed by atoms with van der Waals surface area (Å²) >= 11 is 1.26. The number of fused-ring (bicyclic) bond motifs is 1. The number of carbonyl (C=O) groups is 2. The molecule has 0 radical (unpaired) electrons. The Morgan fingerprint density at radius 1 is 1.13 bits per heavy atom. The zero-order valence-corrected chi connectivity index (χ0v) is 17.3. The Balaban J connectivity index is 1.34. The van der Waals surface area contributed by atoms with Gasteiger partial charge in [0.15, 0.2) is 16.7 Å². The monoisotopic (exact) mass is 424 g/mol. The highest BCUT2D eigenvalue weighted by Crippen LogP contribution is 2.34. The van der Waals surface area contributed by atoms with Gasteiger partial charge in [0, 0.05) is 24.1 Å². The lowest BCUT2D eigenvalue weighted by molar-refractivity contribution is -0.117. The molecule has 0 fully saturated rings. The van der Waals surface area contributed by atoms with Gasteiger partial charge in [-0.2, -0.15) is 0 Å². The van der Waals surface area contributed by atoms with Crippen LogP contribution in [0.2, 0.25) is 0 Å². The molecule has 3 amide bonds. The van der Waals surface area contributed by atoms with Gasteiger partial charge in [-0.3, -0.25) is 14.7 Å². The summed E-state index contributed by atoms with van der Waals surface area (Å²) in [7, 11) is 0. The largest absolute Gasteiger partial charge is 0.454 e. The fourth-order valence-electron chi connectivity index (χ4n) is 2.99. The minimum absolute atomic E-state index is 0.0520. The second kappa shape index (κ2) is 8.50. The molecule has 0 atom stereocenters. The van der Waals surface area contributed by atoms with Crippen LogP contribution >= 0.6 is 11.8 Å². The number of rotatable bonds is 5. The maximum absolute atomic E-state index is 12.2. The number of amides is 3. The molecule has 4 rings (SSSR count). The molecular formula is C21H20N4O4S. The first-order valence-corrected chi connectivity index (χ1v) is 10.2. The third-order valence-corrected chi connectivity index (χ3v) is 5.41. The van der Waals surface area contributed by atoms with Crippen LogP contribution in [0.15, 0.2) is 53.9 Å². The Morgan fingerprint density at radius 3 is 2.83 bits per heavy atom. The lowest BCUT2D eigenvalue weighted by Crippen LogP contribution is -2.35. The Hall–Kier alpha value is -3.46. The molecule has 1 aliphatic heterocycles. The summed E-state index contributed by atoms with van der Waals surface area (Å²) in [6.07, 6.45) is 3.54. The van der Waals surface area contributed by atoms with Crippen molar-refractivity contribution >= 4 is 29.4 Å². The molecule has 2 heterocycles. The number of ether oxygens (including phenoxy) is 2. The van der Waals surface area contributed by atoms with Crippen molar-refractivity contribution in [1.82, 2.24) is 14.9 Å². The van der Waals surface area contributed by atoms with Crippen molar-refractivity contribution in [2.24, 2.45) is 0 Å². The molecule has 3 aromatic rings. The SMILES string of the molecule is Cc1ccc(C)c(-n2ccnc2SCC(=O)NC(=O)Nc2ccc3c(c2)OCO3)c1. The quantitative estimate of drug-likeness (QED) is 0.607. The summed E-state index contributed by atoms with van der Waals surface area (Å²) < 4.78 is 12.4. The van der Waals surface area contributed by atoms with E-state index < -0.39 is 11.9 Å². The van der Waals surface area contributed by atoms with Crippen LogP contribution < -0.4 is 20.1 Å². The van der Waals surface area contributed by atoms with Gasteiger partial charge < -0.3 is 14.8 Å². The number of hydrogen-bond donors (Lipinski definition) is 2. The third kappa shape index (κ3) is 4.41. The molecule has 154 valence electrons. The Labute approximate surface area is 177 Å². The van der Waals surface area contributed by atoms with E-state index in [0.29, 0.717) is 22.3 Å². The Bertz CT molecular complexity index is 1110. The summed E-state index contributed by atoms with van der Waals surface area (Å²) in [5.74, 6) is 0.797. The fourth-order valence-corrected chi connectivity index (χ4v) is 3.75. The molecular weight excluding hydrogens is 404 g/mol. The molecule has 2 aromatic carbocycles. The van der Waals surface area contributed by atoms with Crippen molar-refractivity contribution in [2.75, 3.05) is 17.9 Å². The van der Waals surface area contributed by atoms with Gasteiger partial charge in [-0.1, -0.05) is 23.9 Å². The van der Waals surface area contributed by atoms with Gasteiger partial charge in [0.1, 0.15) is 0 Å². The van der Waals surface area contributed by atoms with E-state index in [-0.39, 0.29) is 12.5 Å². The summed E-state index contributed by atoms with van der Waals surface area (Å²) in [6, 6.07) is 10.6. The smallest absolute Gasteiger partial charge is 0.325 e. The lowest BCUT2D eigenvalue weighted by Gasteiger charge is -2.11. The third-order valence-electron chi connectivity index (χ3n) is 4.45. The number of nitrogens with one attached hydrogen (secondary N) is 2. The van der Waals surface area contributed by atoms with Crippen LogP contribution in [0.5, 0.6) is 11.5 Å². The van der Waals surface area contributed by atoms with Gasteiger partial charge in [0.05, 0.1) is 11.4 Å². The van der Waals surface area contributed by atoms with Crippen LogP contribution in [-0.4, -0.2) is 34.0 Å². The van der Waals surface area contributed by atoms with E-state index in [1.165, 1.54) is 11.8 Å². The van der Waals surface area contributed by atoms with Gasteiger partial charge in [-0.25, -0.2) is 9.78 Å². The molecule has 2 N–H and O–H groups in total. The molecule has 0 unspecified atom stereocenters. The van der Waals surface area contributed by atoms with E-state index in [1.807, 2.05) is 30.7 Å². The van der Waals surface area contributed by atoms with Crippen molar-refractivity contribution in [3.8, 4) is 17.2 Å². The number of thioether (sulfide) groups is 1. The molecule has 1 aromatic heterocycles. The number of anilines is 1. The van der Waals surface area contributed by atoms with Crippen molar-refractivity contribution in [2.45, 2.75) is 19.0 Å². The van der Waals surface area contributed by atoms with E-state index in [1.54, 1.807) is 24.4 Å². The van der Waals surface area contributed by atoms with Crippen LogP contribution in [0.4, 0.5) is 10.5 Å². The number of nitrogens with zero attached hydrogens (tertiary/aromatic N) is 2. The van der Waals surface area contributed by atoms with E-state index in [0.717, 1.165) is 16.8 Å². The predicted octanol–water partition coefficient (Wildman–Crippen LogP) is 3.66. The summed E-state index contributed by atoms with van der Waals surface area (Å²) in [5.41, 5.74) is 3.75. The average Bonchev–Trinajstić information content (AvgIpc) is 3.37. The normalized spacial score (nSPS) is 11.9. The maximum Gasteiger partial charge on any atom is 0.325 e. The fraction of sp³-hybridized carbons (Fsp3) is 0.190. The standard InChI is InChI=1S/C21H20N4O4S/c1-13-3-4-14(2)16(9-13)25-8-7-22-21(25)30-11-19(26)24-20(27)23-15-5-6-17-18(10-15)29-12-28-17/h3-10H,11-12H2,1-2H3,(H2,23,24,26,27). The zero-order valence-electron chi connectivity index (χ0n) is 16.5. The molecule has 0 aliphatic carbocycles. The number of carbonyl (C=O) groups excluding carboxylic acids is 2. The first-order valence-electron chi connectivity index (χ1n) is 9.24. The minimum Gasteiger partial charge on any atom is -0.454 e. The molecule has 0 saturated carbocycles. The van der Waals surface area contributed by atoms with E-state index in [9.17, 15) is 9.59 Å². The average molecular weight is 424 g/mol. The van der Waals surface area contributed by atoms with Crippen LogP contribution in [0, 0.1) is 13.8 Å². The number of aromatic nitrogens is 2. The molecule has 9 heteroatoms. The van der Waals surface area contributed by atoms with Crippen molar-refractivity contribution in [1.29, 1.82) is 0 Å². The predicted molar refractivity (Wildman–Crippen MR) is 113 cm³/mol. The number of imidazole rings is 1. The molecule has 0 saturated heterocycles. The van der Waals surface area contributed by atoms with Crippen LogP contribution in [0.25, 0.3) is 5.69 Å². The number of benzene rings is 2. The van der Waals surface area contributed by atoms with Crippen molar-refractivity contribution in [3.05, 3.63) is 59.9 Å². The summed E-state index contributed by atoms with van der Waals surface area (Å²) in [5, 5.41) is 5.61. The minimum atomic E-state index is -0.614. The first-order chi connectivity index (χ1) is 14.5. The second-order valence-corrected chi connectivity index (χ2v) is 7.67. The van der Waals surface area contributed by atoms with Crippen LogP contribution in [0.1, 0.15) is 11.1 Å². The molecule has 8 nitrogen and oxygen atoms in total. The van der Waals surface area contributed by atoms with Gasteiger partial charge in [-0.05, 0) is 43.2 Å². The topological polar surface area (TPSA) is 94.5 Å². The second-order valence-electron chi connectivity index (χ2n) is 6.73. The molecule has 30 heavy (non-hydrogen) atoms. The molecule has 0 bridgehead atoms. The highest BCUT2D eigenvalue weighted by Gasteiger charge is 2.16. The first kappa shape index (κ1) is 19.8.